The van der Waals surface area contributed by atoms with Crippen molar-refractivity contribution in [1.82, 2.24) is 24.6 Å². The molecule has 8 nitrogen and oxygen atoms in total. The van der Waals surface area contributed by atoms with E-state index in [4.69, 9.17) is 4.98 Å². The van der Waals surface area contributed by atoms with Gasteiger partial charge in [-0.3, -0.25) is 14.6 Å². The van der Waals surface area contributed by atoms with E-state index < -0.39 is 0 Å². The molecule has 4 rings (SSSR count). The van der Waals surface area contributed by atoms with Gasteiger partial charge < -0.3 is 10.2 Å². The summed E-state index contributed by atoms with van der Waals surface area (Å²) in [4.78, 5) is 36.0. The molecule has 4 heterocycles. The Labute approximate surface area is 178 Å². The fourth-order valence-electron chi connectivity index (χ4n) is 3.73. The zero-order chi connectivity index (χ0) is 21.3. The van der Waals surface area contributed by atoms with Gasteiger partial charge in [-0.05, 0) is 51.8 Å². The third-order valence-electron chi connectivity index (χ3n) is 5.04. The number of nitrogens with zero attached hydrogens (tertiary/aromatic N) is 5. The first-order valence-corrected chi connectivity index (χ1v) is 10.8. The number of hydrogen-bond acceptors (Lipinski definition) is 7. The van der Waals surface area contributed by atoms with Crippen molar-refractivity contribution in [2.24, 2.45) is 0 Å². The second-order valence-corrected chi connectivity index (χ2v) is 8.41. The van der Waals surface area contributed by atoms with Gasteiger partial charge in [0.25, 0.3) is 5.56 Å². The maximum Gasteiger partial charge on any atom is 0.267 e. The van der Waals surface area contributed by atoms with Gasteiger partial charge in [0.2, 0.25) is 5.91 Å². The first-order chi connectivity index (χ1) is 14.4. The Balaban J connectivity index is 1.56. The number of anilines is 2. The van der Waals surface area contributed by atoms with Gasteiger partial charge in [0.05, 0.1) is 23.1 Å². The first kappa shape index (κ1) is 20.2. The average Bonchev–Trinajstić information content (AvgIpc) is 3.33. The first-order valence-electron chi connectivity index (χ1n) is 9.91. The number of pyridine rings is 1. The van der Waals surface area contributed by atoms with Gasteiger partial charge in [0, 0.05) is 29.4 Å². The van der Waals surface area contributed by atoms with E-state index in [0.29, 0.717) is 12.2 Å². The van der Waals surface area contributed by atoms with Crippen molar-refractivity contribution in [1.29, 1.82) is 0 Å². The Morgan fingerprint density at radius 3 is 2.77 bits per heavy atom. The summed E-state index contributed by atoms with van der Waals surface area (Å²) in [7, 11) is 0. The van der Waals surface area contributed by atoms with Crippen LogP contribution in [-0.4, -0.2) is 37.1 Å². The highest BCUT2D eigenvalue weighted by atomic mass is 32.1. The van der Waals surface area contributed by atoms with Crippen LogP contribution in [0.5, 0.6) is 0 Å². The minimum Gasteiger partial charge on any atom is -0.332 e. The molecular formula is C21H24N6O2S. The van der Waals surface area contributed by atoms with Gasteiger partial charge in [0.1, 0.15) is 6.54 Å². The largest absolute Gasteiger partial charge is 0.332 e. The van der Waals surface area contributed by atoms with Crippen LogP contribution >= 0.6 is 11.3 Å². The van der Waals surface area contributed by atoms with Crippen molar-refractivity contribution < 1.29 is 4.79 Å². The van der Waals surface area contributed by atoms with E-state index in [0.717, 1.165) is 40.7 Å². The minimum absolute atomic E-state index is 0.0632. The molecule has 3 aromatic rings. The van der Waals surface area contributed by atoms with E-state index in [9.17, 15) is 9.59 Å². The molecule has 0 unspecified atom stereocenters. The standard InChI is InChI=1S/C21H24N6O2S/c1-13-6-7-19(28)27(25-13)11-20(29)26-8-4-5-18(26)17-10-16(9-14(2)22-17)24-21-23-15(3)12-30-21/h6-7,9-10,12,18H,4-5,8,11H2,1-3H3,(H,22,23,24)/t18-/m0/s1. The number of amides is 1. The van der Waals surface area contributed by atoms with Gasteiger partial charge in [-0.25, -0.2) is 9.67 Å². The second-order valence-electron chi connectivity index (χ2n) is 7.56. The number of carbonyl (C=O) groups is 1. The van der Waals surface area contributed by atoms with Crippen LogP contribution in [-0.2, 0) is 11.3 Å². The molecule has 1 aliphatic rings. The van der Waals surface area contributed by atoms with Gasteiger partial charge >= 0.3 is 0 Å². The molecule has 0 aromatic carbocycles. The van der Waals surface area contributed by atoms with E-state index in [1.54, 1.807) is 24.3 Å². The highest BCUT2D eigenvalue weighted by Gasteiger charge is 2.31. The summed E-state index contributed by atoms with van der Waals surface area (Å²) in [6.07, 6.45) is 1.74. The zero-order valence-corrected chi connectivity index (χ0v) is 18.1. The van der Waals surface area contributed by atoms with Crippen LogP contribution in [0.15, 0.2) is 34.4 Å². The van der Waals surface area contributed by atoms with Crippen molar-refractivity contribution in [3.8, 4) is 0 Å². The quantitative estimate of drug-likeness (QED) is 0.676. The highest BCUT2D eigenvalue weighted by Crippen LogP contribution is 2.33. The normalized spacial score (nSPS) is 16.1. The fourth-order valence-corrected chi connectivity index (χ4v) is 4.44. The molecule has 1 amide bonds. The highest BCUT2D eigenvalue weighted by molar-refractivity contribution is 7.13. The summed E-state index contributed by atoms with van der Waals surface area (Å²) in [6.45, 7) is 6.29. The van der Waals surface area contributed by atoms with Crippen molar-refractivity contribution >= 4 is 28.1 Å². The molecule has 156 valence electrons. The predicted octanol–water partition coefficient (Wildman–Crippen LogP) is 3.13. The molecule has 1 saturated heterocycles. The van der Waals surface area contributed by atoms with Crippen LogP contribution in [0.2, 0.25) is 0 Å². The molecule has 1 atom stereocenters. The lowest BCUT2D eigenvalue weighted by atomic mass is 10.1. The summed E-state index contributed by atoms with van der Waals surface area (Å²) in [5, 5.41) is 10.3. The van der Waals surface area contributed by atoms with Gasteiger partial charge in [-0.1, -0.05) is 0 Å². The molecule has 9 heteroatoms. The summed E-state index contributed by atoms with van der Waals surface area (Å²) < 4.78 is 1.23. The van der Waals surface area contributed by atoms with Crippen molar-refractivity contribution in [2.45, 2.75) is 46.2 Å². The molecule has 1 aliphatic heterocycles. The molecule has 1 fully saturated rings. The fraction of sp³-hybridized carbons (Fsp3) is 0.381. The van der Waals surface area contributed by atoms with E-state index in [1.165, 1.54) is 10.7 Å². The van der Waals surface area contributed by atoms with Crippen LogP contribution in [0.4, 0.5) is 10.8 Å². The summed E-state index contributed by atoms with van der Waals surface area (Å²) >= 11 is 1.55. The third-order valence-corrected chi connectivity index (χ3v) is 5.92. The van der Waals surface area contributed by atoms with Crippen molar-refractivity contribution in [2.75, 3.05) is 11.9 Å². The maximum atomic E-state index is 13.0. The lowest BCUT2D eigenvalue weighted by molar-refractivity contribution is -0.133. The monoisotopic (exact) mass is 424 g/mol. The van der Waals surface area contributed by atoms with Crippen molar-refractivity contribution in [3.05, 3.63) is 62.8 Å². The lowest BCUT2D eigenvalue weighted by Crippen LogP contribution is -2.37. The molecule has 30 heavy (non-hydrogen) atoms. The minimum atomic E-state index is -0.274. The molecule has 0 saturated carbocycles. The second kappa shape index (κ2) is 8.35. The average molecular weight is 425 g/mol. The Morgan fingerprint density at radius 1 is 1.17 bits per heavy atom. The SMILES string of the molecule is Cc1cc(Nc2nc(C)cs2)cc([C@@H]2CCCN2C(=O)Cn2nc(C)ccc2=O)n1. The molecule has 3 aromatic heterocycles. The number of nitrogens with one attached hydrogen (secondary N) is 1. The van der Waals surface area contributed by atoms with Crippen LogP contribution in [0.25, 0.3) is 0 Å². The Morgan fingerprint density at radius 2 is 2.00 bits per heavy atom. The number of thiazole rings is 1. The van der Waals surface area contributed by atoms with Gasteiger partial charge in [-0.15, -0.1) is 11.3 Å². The number of hydrogen-bond donors (Lipinski definition) is 1. The number of rotatable bonds is 5. The summed E-state index contributed by atoms with van der Waals surface area (Å²) in [5.74, 6) is -0.119. The molecule has 1 N–H and O–H groups in total. The molecule has 0 bridgehead atoms. The molecular weight excluding hydrogens is 400 g/mol. The number of likely N-dealkylation sites (tertiary alicyclic amines) is 1. The van der Waals surface area contributed by atoms with E-state index in [-0.39, 0.29) is 24.1 Å². The predicted molar refractivity (Wildman–Crippen MR) is 116 cm³/mol. The van der Waals surface area contributed by atoms with E-state index >= 15 is 0 Å². The maximum absolute atomic E-state index is 13.0. The smallest absolute Gasteiger partial charge is 0.267 e. The topological polar surface area (TPSA) is 93.0 Å². The number of aromatic nitrogens is 4. The van der Waals surface area contributed by atoms with Crippen molar-refractivity contribution in [3.63, 3.8) is 0 Å². The van der Waals surface area contributed by atoms with E-state index in [2.05, 4.69) is 15.4 Å². The number of carbonyl (C=O) groups excluding carboxylic acids is 1. The van der Waals surface area contributed by atoms with Crippen LogP contribution in [0.3, 0.4) is 0 Å². The van der Waals surface area contributed by atoms with Crippen LogP contribution in [0.1, 0.15) is 41.7 Å². The summed E-state index contributed by atoms with van der Waals surface area (Å²) in [6, 6.07) is 6.93. The molecule has 0 aliphatic carbocycles. The Hall–Kier alpha value is -3.07. The summed E-state index contributed by atoms with van der Waals surface area (Å²) in [5.41, 5.74) is 4.03. The Bertz CT molecular complexity index is 1140. The number of aryl methyl sites for hydroxylation is 3. The molecule has 0 radical (unpaired) electrons. The molecule has 0 spiro atoms. The third kappa shape index (κ3) is 4.40. The van der Waals surface area contributed by atoms with Crippen LogP contribution in [0, 0.1) is 20.8 Å². The lowest BCUT2D eigenvalue weighted by Gasteiger charge is -2.25. The van der Waals surface area contributed by atoms with Crippen LogP contribution < -0.4 is 10.9 Å². The zero-order valence-electron chi connectivity index (χ0n) is 17.3. The Kier molecular flexibility index (Phi) is 5.63. The van der Waals surface area contributed by atoms with Gasteiger partial charge in [-0.2, -0.15) is 5.10 Å². The van der Waals surface area contributed by atoms with E-state index in [1.807, 2.05) is 36.3 Å². The van der Waals surface area contributed by atoms with Gasteiger partial charge in [0.15, 0.2) is 5.13 Å².